The van der Waals surface area contributed by atoms with Gasteiger partial charge in [0.2, 0.25) is 0 Å². The van der Waals surface area contributed by atoms with Gasteiger partial charge >= 0.3 is 35.0 Å². The number of unbranched alkanes of at least 4 members (excludes halogenated alkanes) is 4. The van der Waals surface area contributed by atoms with Crippen molar-refractivity contribution in [3.05, 3.63) is 12.3 Å². The van der Waals surface area contributed by atoms with Crippen molar-refractivity contribution in [1.82, 2.24) is 0 Å². The molecule has 0 saturated heterocycles. The van der Waals surface area contributed by atoms with Gasteiger partial charge in [-0.25, -0.2) is 0 Å². The van der Waals surface area contributed by atoms with Crippen molar-refractivity contribution in [2.75, 3.05) is 47.8 Å². The monoisotopic (exact) mass is 530 g/mol. The summed E-state index contributed by atoms with van der Waals surface area (Å²) in [6.07, 6.45) is 7.46. The smallest absolute Gasteiger partial charge is 0.854 e. The van der Waals surface area contributed by atoms with Gasteiger partial charge < -0.3 is 33.7 Å². The van der Waals surface area contributed by atoms with Gasteiger partial charge in [0.15, 0.2) is 0 Å². The summed E-state index contributed by atoms with van der Waals surface area (Å²) in [5.41, 5.74) is 1.58. The minimum atomic E-state index is -2.43. The Hall–Kier alpha value is 0.560. The molecule has 7 nitrogen and oxygen atoms in total. The van der Waals surface area contributed by atoms with E-state index in [-0.39, 0.29) is 52.6 Å². The third-order valence-corrected chi connectivity index (χ3v) is 5.30. The van der Waals surface area contributed by atoms with Gasteiger partial charge in [0.25, 0.3) is 0 Å². The van der Waals surface area contributed by atoms with E-state index in [0.717, 1.165) is 51.4 Å². The van der Waals surface area contributed by atoms with Crippen molar-refractivity contribution in [2.45, 2.75) is 79.1 Å². The van der Waals surface area contributed by atoms with E-state index in [1.54, 1.807) is 27.0 Å². The largest absolute Gasteiger partial charge is 4.00 e. The van der Waals surface area contributed by atoms with Gasteiger partial charge in [-0.3, -0.25) is 0 Å². The van der Waals surface area contributed by atoms with Crippen molar-refractivity contribution < 1.29 is 59.9 Å². The Bertz CT molecular complexity index is 207. The first-order chi connectivity index (χ1) is 13.9. The molecule has 0 saturated carbocycles. The molecule has 30 heavy (non-hydrogen) atoms. The summed E-state index contributed by atoms with van der Waals surface area (Å²) >= 11 is 0. The van der Waals surface area contributed by atoms with Crippen molar-refractivity contribution in [2.24, 2.45) is 0 Å². The molecular formula is C21H48O7SiZr. The van der Waals surface area contributed by atoms with Crippen molar-refractivity contribution in [3.8, 4) is 0 Å². The molecular weight excluding hydrogens is 484 g/mol. The molecule has 0 fully saturated rings. The van der Waals surface area contributed by atoms with Crippen LogP contribution in [0.4, 0.5) is 0 Å². The first-order valence-corrected chi connectivity index (χ1v) is 12.3. The molecule has 0 aliphatic carbocycles. The van der Waals surface area contributed by atoms with E-state index in [4.69, 9.17) is 13.3 Å². The second kappa shape index (κ2) is 47.4. The fourth-order valence-electron chi connectivity index (χ4n) is 1.08. The first-order valence-electron chi connectivity index (χ1n) is 10.5. The normalized spacial score (nSPS) is 9.03. The Kier molecular flexibility index (Phi) is 69.9. The van der Waals surface area contributed by atoms with Gasteiger partial charge in [-0.2, -0.15) is 0 Å². The Balaban J connectivity index is -0.0000000613. The zero-order valence-electron chi connectivity index (χ0n) is 20.6. The average molecular weight is 532 g/mol. The molecule has 0 N–H and O–H groups in total. The van der Waals surface area contributed by atoms with Crippen LogP contribution in [0.2, 0.25) is 0 Å². The molecule has 0 atom stereocenters. The van der Waals surface area contributed by atoms with Crippen LogP contribution in [0.5, 0.6) is 0 Å². The molecule has 0 aromatic rings. The van der Waals surface area contributed by atoms with Crippen molar-refractivity contribution >= 4 is 8.80 Å². The van der Waals surface area contributed by atoms with E-state index in [1.807, 2.05) is 27.7 Å². The van der Waals surface area contributed by atoms with E-state index >= 15 is 0 Å². The van der Waals surface area contributed by atoms with E-state index in [9.17, 15) is 20.4 Å². The molecule has 182 valence electrons. The molecule has 0 aromatic carbocycles. The van der Waals surface area contributed by atoms with Gasteiger partial charge in [0, 0.05) is 21.3 Å². The minimum Gasteiger partial charge on any atom is -0.854 e. The van der Waals surface area contributed by atoms with Gasteiger partial charge in [0.1, 0.15) is 0 Å². The molecule has 0 spiro atoms. The molecule has 0 amide bonds. The van der Waals surface area contributed by atoms with Crippen LogP contribution in [0.15, 0.2) is 12.3 Å². The number of hydrogen-bond acceptors (Lipinski definition) is 7. The molecule has 0 radical (unpaired) electrons. The van der Waals surface area contributed by atoms with Crippen molar-refractivity contribution in [1.29, 1.82) is 0 Å². The van der Waals surface area contributed by atoms with E-state index in [2.05, 4.69) is 6.58 Å². The van der Waals surface area contributed by atoms with Crippen LogP contribution in [0.25, 0.3) is 0 Å². The molecule has 0 aromatic heterocycles. The van der Waals surface area contributed by atoms with Gasteiger partial charge in [-0.1, -0.05) is 85.6 Å². The Morgan fingerprint density at radius 3 is 0.800 bits per heavy atom. The topological polar surface area (TPSA) is 120 Å². The predicted molar refractivity (Wildman–Crippen MR) is 116 cm³/mol. The van der Waals surface area contributed by atoms with Crippen LogP contribution in [0, 0.1) is 0 Å². The zero-order valence-corrected chi connectivity index (χ0v) is 24.1. The summed E-state index contributed by atoms with van der Waals surface area (Å²) in [5.74, 6) is 0. The first kappa shape index (κ1) is 44.3. The predicted octanol–water partition coefficient (Wildman–Crippen LogP) is 1.17. The molecule has 0 aliphatic heterocycles. The molecule has 0 rings (SSSR count). The summed E-state index contributed by atoms with van der Waals surface area (Å²) in [5, 5.41) is 38.1. The maximum atomic E-state index is 9.53. The zero-order chi connectivity index (χ0) is 23.8. The number of hydrogen-bond donors (Lipinski definition) is 0. The molecule has 9 heteroatoms. The second-order valence-corrected chi connectivity index (χ2v) is 8.49. The number of rotatable bonds is 12. The van der Waals surface area contributed by atoms with Crippen LogP contribution in [-0.2, 0) is 39.5 Å². The Labute approximate surface area is 207 Å². The molecule has 0 heterocycles. The van der Waals surface area contributed by atoms with Crippen molar-refractivity contribution in [3.63, 3.8) is 0 Å². The maximum absolute atomic E-state index is 9.53. The fourth-order valence-corrected chi connectivity index (χ4v) is 2.08. The van der Waals surface area contributed by atoms with E-state index in [0.29, 0.717) is 0 Å². The van der Waals surface area contributed by atoms with Crippen LogP contribution >= 0.6 is 0 Å². The van der Waals surface area contributed by atoms with Crippen LogP contribution in [0.1, 0.15) is 79.1 Å². The van der Waals surface area contributed by atoms with Gasteiger partial charge in [-0.05, 0) is 5.70 Å². The molecule has 0 bridgehead atoms. The SMILES string of the molecule is C=C[Si](OC)(OC)OC.CCCC[O-].CCCC[O-].CCCC[O-].CCCC[O-].[Zr+4]. The standard InChI is InChI=1S/C5H12O3Si.4C4H9O.Zr/c1-5-9(6-2,7-3)8-4;4*1-2-3-4-5;/h5H,1H2,2-4H3;4*2-4H2,1H3;/q;4*-1;+4. The molecule has 0 unspecified atom stereocenters. The molecule has 0 aliphatic rings. The maximum Gasteiger partial charge on any atom is 4.00 e. The third-order valence-electron chi connectivity index (χ3n) is 3.10. The van der Waals surface area contributed by atoms with Crippen LogP contribution in [-0.4, -0.2) is 56.6 Å². The quantitative estimate of drug-likeness (QED) is 0.347. The third kappa shape index (κ3) is 51.3. The fraction of sp³-hybridized carbons (Fsp3) is 0.905. The van der Waals surface area contributed by atoms with Crippen LogP contribution < -0.4 is 20.4 Å². The summed E-state index contributed by atoms with van der Waals surface area (Å²) in [7, 11) is 2.20. The average Bonchev–Trinajstić information content (AvgIpc) is 2.74. The second-order valence-electron chi connectivity index (χ2n) is 5.65. The summed E-state index contributed by atoms with van der Waals surface area (Å²) < 4.78 is 14.9. The van der Waals surface area contributed by atoms with E-state index < -0.39 is 8.80 Å². The van der Waals surface area contributed by atoms with E-state index in [1.165, 1.54) is 0 Å². The summed E-state index contributed by atoms with van der Waals surface area (Å²) in [6, 6.07) is 0. The van der Waals surface area contributed by atoms with Gasteiger partial charge in [0.05, 0.1) is 0 Å². The Morgan fingerprint density at radius 2 is 0.800 bits per heavy atom. The summed E-state index contributed by atoms with van der Waals surface area (Å²) in [6.45, 7) is 12.0. The van der Waals surface area contributed by atoms with Crippen LogP contribution in [0.3, 0.4) is 0 Å². The van der Waals surface area contributed by atoms with Gasteiger partial charge in [-0.15, -0.1) is 26.4 Å². The minimum absolute atomic E-state index is 0. The summed E-state index contributed by atoms with van der Waals surface area (Å²) in [4.78, 5) is 0. The Morgan fingerprint density at radius 1 is 0.600 bits per heavy atom.